The van der Waals surface area contributed by atoms with E-state index in [9.17, 15) is 9.59 Å². The largest absolute Gasteiger partial charge is 0.459 e. The molecule has 2 aromatic rings. The van der Waals surface area contributed by atoms with E-state index in [1.54, 1.807) is 17.0 Å². The van der Waals surface area contributed by atoms with Crippen LogP contribution in [0.2, 0.25) is 0 Å². The third kappa shape index (κ3) is 4.50. The first-order valence-electron chi connectivity index (χ1n) is 10.4. The molecule has 0 unspecified atom stereocenters. The second-order valence-electron chi connectivity index (χ2n) is 7.89. The maximum Gasteiger partial charge on any atom is 0.289 e. The molecule has 0 saturated carbocycles. The number of likely N-dealkylation sites (tertiary alicyclic amines) is 1. The Kier molecular flexibility index (Phi) is 5.94. The van der Waals surface area contributed by atoms with Crippen LogP contribution in [0.4, 0.5) is 0 Å². The lowest BCUT2D eigenvalue weighted by Crippen LogP contribution is -2.40. The van der Waals surface area contributed by atoms with Gasteiger partial charge in [0.15, 0.2) is 5.76 Å². The molecule has 2 aliphatic heterocycles. The molecule has 0 aliphatic carbocycles. The number of rotatable bonds is 5. The normalized spacial score (nSPS) is 17.1. The zero-order valence-electron chi connectivity index (χ0n) is 16.9. The Morgan fingerprint density at radius 2 is 2.03 bits per heavy atom. The number of piperidine rings is 1. The number of furan rings is 1. The smallest absolute Gasteiger partial charge is 0.289 e. The van der Waals surface area contributed by atoms with Crippen LogP contribution in [0, 0.1) is 6.92 Å². The highest BCUT2D eigenvalue weighted by molar-refractivity contribution is 5.91. The van der Waals surface area contributed by atoms with E-state index in [1.165, 1.54) is 31.1 Å². The molecule has 2 amide bonds. The van der Waals surface area contributed by atoms with Crippen LogP contribution in [-0.4, -0.2) is 52.8 Å². The average Bonchev–Trinajstić information content (AvgIpc) is 3.28. The average molecular weight is 396 g/mol. The minimum atomic E-state index is -0.0994. The lowest BCUT2D eigenvalue weighted by molar-refractivity contribution is -0.122. The molecule has 0 aromatic carbocycles. The lowest BCUT2D eigenvalue weighted by Gasteiger charge is -2.30. The van der Waals surface area contributed by atoms with Gasteiger partial charge in [-0.2, -0.15) is 0 Å². The van der Waals surface area contributed by atoms with Crippen LogP contribution in [0.1, 0.15) is 52.2 Å². The van der Waals surface area contributed by atoms with Gasteiger partial charge in [-0.15, -0.1) is 0 Å². The van der Waals surface area contributed by atoms with Gasteiger partial charge in [-0.05, 0) is 68.1 Å². The molecule has 2 aliphatic rings. The number of carbonyl (C=O) groups excluding carboxylic acids is 2. The van der Waals surface area contributed by atoms with Gasteiger partial charge < -0.3 is 14.6 Å². The Morgan fingerprint density at radius 1 is 1.21 bits per heavy atom. The Labute approximate surface area is 171 Å². The third-order valence-electron chi connectivity index (χ3n) is 5.89. The molecule has 1 fully saturated rings. The number of nitrogens with zero attached hydrogens (tertiary/aromatic N) is 3. The molecule has 1 saturated heterocycles. The van der Waals surface area contributed by atoms with Gasteiger partial charge in [-0.1, -0.05) is 6.42 Å². The van der Waals surface area contributed by atoms with E-state index >= 15 is 0 Å². The quantitative estimate of drug-likeness (QED) is 0.839. The predicted octanol–water partition coefficient (Wildman–Crippen LogP) is 2.28. The first-order chi connectivity index (χ1) is 14.1. The van der Waals surface area contributed by atoms with Crippen molar-refractivity contribution in [1.29, 1.82) is 0 Å². The second-order valence-corrected chi connectivity index (χ2v) is 7.89. The molecule has 0 spiro atoms. The molecule has 4 rings (SSSR count). The van der Waals surface area contributed by atoms with Crippen LogP contribution in [0.3, 0.4) is 0 Å². The maximum atomic E-state index is 12.6. The van der Waals surface area contributed by atoms with Crippen molar-refractivity contribution in [2.24, 2.45) is 0 Å². The van der Waals surface area contributed by atoms with Gasteiger partial charge in [-0.25, -0.2) is 0 Å². The van der Waals surface area contributed by atoms with Gasteiger partial charge in [0, 0.05) is 31.5 Å². The molecule has 7 nitrogen and oxygen atoms in total. The number of nitrogens with one attached hydrogen (secondary N) is 1. The zero-order chi connectivity index (χ0) is 20.2. The maximum absolute atomic E-state index is 12.6. The van der Waals surface area contributed by atoms with Crippen molar-refractivity contribution in [2.45, 2.75) is 45.7 Å². The van der Waals surface area contributed by atoms with E-state index < -0.39 is 0 Å². The van der Waals surface area contributed by atoms with E-state index in [-0.39, 0.29) is 11.8 Å². The number of fused-ring (bicyclic) bond motifs is 1. The van der Waals surface area contributed by atoms with Gasteiger partial charge in [0.2, 0.25) is 5.91 Å². The molecule has 4 heterocycles. The zero-order valence-corrected chi connectivity index (χ0v) is 16.9. The summed E-state index contributed by atoms with van der Waals surface area (Å²) in [5.41, 5.74) is 4.27. The molecule has 7 heteroatoms. The second kappa shape index (κ2) is 8.78. The minimum Gasteiger partial charge on any atom is -0.459 e. The van der Waals surface area contributed by atoms with E-state index in [1.807, 2.05) is 13.1 Å². The molecule has 1 N–H and O–H groups in total. The van der Waals surface area contributed by atoms with Crippen molar-refractivity contribution in [2.75, 3.05) is 26.2 Å². The van der Waals surface area contributed by atoms with Crippen LogP contribution in [0.5, 0.6) is 0 Å². The summed E-state index contributed by atoms with van der Waals surface area (Å²) in [6, 6.07) is 3.41. The highest BCUT2D eigenvalue weighted by Crippen LogP contribution is 2.25. The molecular formula is C22H28N4O3. The summed E-state index contributed by atoms with van der Waals surface area (Å²) in [4.78, 5) is 33.5. The number of aromatic nitrogens is 1. The van der Waals surface area contributed by atoms with Crippen molar-refractivity contribution >= 4 is 11.8 Å². The summed E-state index contributed by atoms with van der Waals surface area (Å²) in [6.45, 7) is 6.09. The highest BCUT2D eigenvalue weighted by Gasteiger charge is 2.26. The Bertz CT molecular complexity index is 872. The lowest BCUT2D eigenvalue weighted by atomic mass is 9.94. The monoisotopic (exact) mass is 396 g/mol. The van der Waals surface area contributed by atoms with Crippen molar-refractivity contribution in [3.05, 3.63) is 52.7 Å². The summed E-state index contributed by atoms with van der Waals surface area (Å²) in [5.74, 6) is 0.325. The number of pyridine rings is 1. The summed E-state index contributed by atoms with van der Waals surface area (Å²) in [5, 5.41) is 3.08. The van der Waals surface area contributed by atoms with Crippen LogP contribution in [0.15, 0.2) is 29.0 Å². The van der Waals surface area contributed by atoms with Crippen LogP contribution < -0.4 is 5.32 Å². The highest BCUT2D eigenvalue weighted by atomic mass is 16.3. The Hall–Kier alpha value is -2.67. The number of aryl methyl sites for hydroxylation is 1. The molecule has 0 radical (unpaired) electrons. The predicted molar refractivity (Wildman–Crippen MR) is 108 cm³/mol. The van der Waals surface area contributed by atoms with Gasteiger partial charge >= 0.3 is 0 Å². The Balaban J connectivity index is 1.41. The Morgan fingerprint density at radius 3 is 2.79 bits per heavy atom. The standard InChI is InChI=1S/C22H28N4O3/c1-16-19(13-24-21(27)15-25-8-3-2-4-9-25)18-7-10-26(14-17(18)12-23-16)22(28)20-6-5-11-29-20/h5-6,11-12H,2-4,7-10,13-15H2,1H3,(H,24,27). The number of carbonyl (C=O) groups is 2. The molecule has 154 valence electrons. The summed E-state index contributed by atoms with van der Waals surface area (Å²) in [7, 11) is 0. The van der Waals surface area contributed by atoms with E-state index in [0.717, 1.165) is 36.3 Å². The van der Waals surface area contributed by atoms with E-state index in [2.05, 4.69) is 15.2 Å². The van der Waals surface area contributed by atoms with Gasteiger partial charge in [-0.3, -0.25) is 19.5 Å². The van der Waals surface area contributed by atoms with Crippen LogP contribution in [-0.2, 0) is 24.3 Å². The van der Waals surface area contributed by atoms with Crippen molar-refractivity contribution in [3.8, 4) is 0 Å². The minimum absolute atomic E-state index is 0.0642. The molecule has 29 heavy (non-hydrogen) atoms. The topological polar surface area (TPSA) is 78.7 Å². The fraction of sp³-hybridized carbons (Fsp3) is 0.500. The van der Waals surface area contributed by atoms with Crippen molar-refractivity contribution in [3.63, 3.8) is 0 Å². The van der Waals surface area contributed by atoms with Gasteiger partial charge in [0.25, 0.3) is 5.91 Å². The van der Waals surface area contributed by atoms with Gasteiger partial charge in [0.1, 0.15) is 0 Å². The number of hydrogen-bond acceptors (Lipinski definition) is 5. The SMILES string of the molecule is Cc1ncc2c(c1CNC(=O)CN1CCCCC1)CCN(C(=O)c1ccco1)C2. The summed E-state index contributed by atoms with van der Waals surface area (Å²) < 4.78 is 5.25. The van der Waals surface area contributed by atoms with Crippen LogP contribution in [0.25, 0.3) is 0 Å². The molecule has 0 bridgehead atoms. The summed E-state index contributed by atoms with van der Waals surface area (Å²) in [6.07, 6.45) is 7.73. The molecular weight excluding hydrogens is 368 g/mol. The van der Waals surface area contributed by atoms with Crippen LogP contribution >= 0.6 is 0 Å². The fourth-order valence-electron chi connectivity index (χ4n) is 4.25. The number of hydrogen-bond donors (Lipinski definition) is 1. The molecule has 0 atom stereocenters. The first kappa shape index (κ1) is 19.6. The van der Waals surface area contributed by atoms with Crippen molar-refractivity contribution in [1.82, 2.24) is 20.1 Å². The van der Waals surface area contributed by atoms with E-state index in [0.29, 0.717) is 31.9 Å². The first-order valence-corrected chi connectivity index (χ1v) is 10.4. The van der Waals surface area contributed by atoms with Crippen molar-refractivity contribution < 1.29 is 14.0 Å². The summed E-state index contributed by atoms with van der Waals surface area (Å²) >= 11 is 0. The van der Waals surface area contributed by atoms with Gasteiger partial charge in [0.05, 0.1) is 12.8 Å². The fourth-order valence-corrected chi connectivity index (χ4v) is 4.25. The molecule has 2 aromatic heterocycles. The van der Waals surface area contributed by atoms with E-state index in [4.69, 9.17) is 4.42 Å². The third-order valence-corrected chi connectivity index (χ3v) is 5.89. The number of amides is 2.